The molecular formula is C10H22N2. The van der Waals surface area contributed by atoms with Crippen LogP contribution in [0.4, 0.5) is 0 Å². The third kappa shape index (κ3) is 1.99. The Morgan fingerprint density at radius 1 is 1.33 bits per heavy atom. The van der Waals surface area contributed by atoms with E-state index in [0.29, 0.717) is 0 Å². The molecule has 1 aliphatic heterocycles. The van der Waals surface area contributed by atoms with Crippen molar-refractivity contribution in [2.75, 3.05) is 20.3 Å². The summed E-state index contributed by atoms with van der Waals surface area (Å²) < 4.78 is 0. The highest BCUT2D eigenvalue weighted by Crippen LogP contribution is 2.19. The van der Waals surface area contributed by atoms with Gasteiger partial charge in [-0.3, -0.25) is 9.80 Å². The Morgan fingerprint density at radius 2 is 2.00 bits per heavy atom. The molecule has 0 N–H and O–H groups in total. The second kappa shape index (κ2) is 4.24. The molecule has 1 rings (SSSR count). The van der Waals surface area contributed by atoms with Crippen LogP contribution in [0.25, 0.3) is 0 Å². The molecule has 1 aliphatic rings. The van der Waals surface area contributed by atoms with E-state index in [1.165, 1.54) is 19.4 Å². The van der Waals surface area contributed by atoms with Gasteiger partial charge in [0.15, 0.2) is 0 Å². The SMILES string of the molecule is CCC1CC(C)N(CC)CN1C. The van der Waals surface area contributed by atoms with Gasteiger partial charge in [0.25, 0.3) is 0 Å². The molecule has 0 aromatic rings. The van der Waals surface area contributed by atoms with Crippen molar-refractivity contribution < 1.29 is 0 Å². The quantitative estimate of drug-likeness (QED) is 0.623. The van der Waals surface area contributed by atoms with E-state index < -0.39 is 0 Å². The van der Waals surface area contributed by atoms with E-state index in [4.69, 9.17) is 0 Å². The maximum absolute atomic E-state index is 2.53. The average molecular weight is 170 g/mol. The minimum absolute atomic E-state index is 0.774. The lowest BCUT2D eigenvalue weighted by molar-refractivity contribution is 0.0240. The van der Waals surface area contributed by atoms with E-state index in [9.17, 15) is 0 Å². The first-order valence-corrected chi connectivity index (χ1v) is 5.13. The van der Waals surface area contributed by atoms with Crippen molar-refractivity contribution in [3.63, 3.8) is 0 Å². The molecular weight excluding hydrogens is 148 g/mol. The molecule has 1 heterocycles. The first-order valence-electron chi connectivity index (χ1n) is 5.13. The second-order valence-corrected chi connectivity index (χ2v) is 3.95. The van der Waals surface area contributed by atoms with E-state index in [1.54, 1.807) is 0 Å². The molecule has 0 radical (unpaired) electrons. The maximum Gasteiger partial charge on any atom is 0.0508 e. The zero-order valence-electron chi connectivity index (χ0n) is 8.88. The molecule has 0 spiro atoms. The van der Waals surface area contributed by atoms with Crippen molar-refractivity contribution in [1.29, 1.82) is 0 Å². The molecule has 1 saturated heterocycles. The van der Waals surface area contributed by atoms with Gasteiger partial charge >= 0.3 is 0 Å². The Bertz CT molecular complexity index is 120. The van der Waals surface area contributed by atoms with Gasteiger partial charge in [-0.1, -0.05) is 13.8 Å². The van der Waals surface area contributed by atoms with E-state index in [-0.39, 0.29) is 0 Å². The molecule has 72 valence electrons. The van der Waals surface area contributed by atoms with Crippen molar-refractivity contribution in [3.05, 3.63) is 0 Å². The van der Waals surface area contributed by atoms with Crippen LogP contribution in [-0.2, 0) is 0 Å². The molecule has 0 saturated carbocycles. The van der Waals surface area contributed by atoms with Gasteiger partial charge < -0.3 is 0 Å². The Kier molecular flexibility index (Phi) is 3.53. The first-order chi connectivity index (χ1) is 5.69. The van der Waals surface area contributed by atoms with Crippen LogP contribution in [0.15, 0.2) is 0 Å². The van der Waals surface area contributed by atoms with E-state index in [2.05, 4.69) is 37.6 Å². The normalized spacial score (nSPS) is 34.0. The smallest absolute Gasteiger partial charge is 0.0508 e. The highest BCUT2D eigenvalue weighted by molar-refractivity contribution is 4.80. The van der Waals surface area contributed by atoms with Crippen LogP contribution in [-0.4, -0.2) is 42.1 Å². The summed E-state index contributed by atoms with van der Waals surface area (Å²) in [6, 6.07) is 1.58. The molecule has 2 heteroatoms. The average Bonchev–Trinajstić information content (AvgIpc) is 2.08. The Balaban J connectivity index is 2.49. The third-order valence-corrected chi connectivity index (χ3v) is 3.14. The Labute approximate surface area is 76.5 Å². The van der Waals surface area contributed by atoms with Crippen LogP contribution in [0.2, 0.25) is 0 Å². The van der Waals surface area contributed by atoms with E-state index >= 15 is 0 Å². The molecule has 2 atom stereocenters. The highest BCUT2D eigenvalue weighted by atomic mass is 15.3. The fourth-order valence-electron chi connectivity index (χ4n) is 2.15. The fraction of sp³-hybridized carbons (Fsp3) is 1.00. The largest absolute Gasteiger partial charge is 0.291 e. The van der Waals surface area contributed by atoms with Gasteiger partial charge in [0.05, 0.1) is 6.67 Å². The van der Waals surface area contributed by atoms with Crippen molar-refractivity contribution in [1.82, 2.24) is 9.80 Å². The summed E-state index contributed by atoms with van der Waals surface area (Å²) in [6.07, 6.45) is 2.62. The zero-order chi connectivity index (χ0) is 9.14. The lowest BCUT2D eigenvalue weighted by Crippen LogP contribution is -2.52. The number of rotatable bonds is 2. The van der Waals surface area contributed by atoms with Crippen LogP contribution in [0.3, 0.4) is 0 Å². The van der Waals surface area contributed by atoms with Gasteiger partial charge in [0.2, 0.25) is 0 Å². The summed E-state index contributed by atoms with van der Waals surface area (Å²) in [5.41, 5.74) is 0. The highest BCUT2D eigenvalue weighted by Gasteiger charge is 2.26. The minimum atomic E-state index is 0.774. The van der Waals surface area contributed by atoms with Gasteiger partial charge in [0.1, 0.15) is 0 Å². The first kappa shape index (κ1) is 10.0. The van der Waals surface area contributed by atoms with Crippen LogP contribution in [0.5, 0.6) is 0 Å². The monoisotopic (exact) mass is 170 g/mol. The lowest BCUT2D eigenvalue weighted by Gasteiger charge is -2.43. The number of nitrogens with zero attached hydrogens (tertiary/aromatic N) is 2. The van der Waals surface area contributed by atoms with Crippen molar-refractivity contribution >= 4 is 0 Å². The van der Waals surface area contributed by atoms with Gasteiger partial charge in [0, 0.05) is 12.1 Å². The Morgan fingerprint density at radius 3 is 2.50 bits per heavy atom. The molecule has 2 unspecified atom stereocenters. The van der Waals surface area contributed by atoms with Crippen LogP contribution in [0, 0.1) is 0 Å². The van der Waals surface area contributed by atoms with Gasteiger partial charge in [-0.15, -0.1) is 0 Å². The van der Waals surface area contributed by atoms with Crippen LogP contribution in [0.1, 0.15) is 33.6 Å². The Hall–Kier alpha value is -0.0800. The predicted molar refractivity (Wildman–Crippen MR) is 53.2 cm³/mol. The van der Waals surface area contributed by atoms with Crippen LogP contribution >= 0.6 is 0 Å². The van der Waals surface area contributed by atoms with Crippen molar-refractivity contribution in [2.45, 2.75) is 45.7 Å². The van der Waals surface area contributed by atoms with Gasteiger partial charge in [-0.25, -0.2) is 0 Å². The summed E-state index contributed by atoms with van der Waals surface area (Å²) in [7, 11) is 2.24. The predicted octanol–water partition coefficient (Wildman–Crippen LogP) is 1.77. The lowest BCUT2D eigenvalue weighted by atomic mass is 10.0. The molecule has 2 nitrogen and oxygen atoms in total. The topological polar surface area (TPSA) is 6.48 Å². The third-order valence-electron chi connectivity index (χ3n) is 3.14. The minimum Gasteiger partial charge on any atom is -0.291 e. The summed E-state index contributed by atoms with van der Waals surface area (Å²) in [6.45, 7) is 9.21. The maximum atomic E-state index is 2.53. The molecule has 0 aromatic heterocycles. The number of hydrogen-bond donors (Lipinski definition) is 0. The summed E-state index contributed by atoms with van der Waals surface area (Å²) in [5.74, 6) is 0. The fourth-order valence-corrected chi connectivity index (χ4v) is 2.15. The molecule has 0 amide bonds. The van der Waals surface area contributed by atoms with Gasteiger partial charge in [-0.2, -0.15) is 0 Å². The van der Waals surface area contributed by atoms with Gasteiger partial charge in [-0.05, 0) is 33.4 Å². The summed E-state index contributed by atoms with van der Waals surface area (Å²) in [5, 5.41) is 0. The second-order valence-electron chi connectivity index (χ2n) is 3.95. The molecule has 12 heavy (non-hydrogen) atoms. The van der Waals surface area contributed by atoms with E-state index in [1.807, 2.05) is 0 Å². The molecule has 0 aromatic carbocycles. The molecule has 0 aliphatic carbocycles. The zero-order valence-corrected chi connectivity index (χ0v) is 8.88. The van der Waals surface area contributed by atoms with Crippen molar-refractivity contribution in [2.24, 2.45) is 0 Å². The molecule has 0 bridgehead atoms. The molecule has 1 fully saturated rings. The van der Waals surface area contributed by atoms with E-state index in [0.717, 1.165) is 18.8 Å². The summed E-state index contributed by atoms with van der Waals surface area (Å²) >= 11 is 0. The standard InChI is InChI=1S/C10H22N2/c1-5-10-7-9(3)12(6-2)8-11(10)4/h9-10H,5-8H2,1-4H3. The number of hydrogen-bond acceptors (Lipinski definition) is 2. The van der Waals surface area contributed by atoms with Crippen LogP contribution < -0.4 is 0 Å². The summed E-state index contributed by atoms with van der Waals surface area (Å²) in [4.78, 5) is 5.01. The van der Waals surface area contributed by atoms with Crippen molar-refractivity contribution in [3.8, 4) is 0 Å².